The summed E-state index contributed by atoms with van der Waals surface area (Å²) in [6.45, 7) is 7.28. The quantitative estimate of drug-likeness (QED) is 0.405. The van der Waals surface area contributed by atoms with E-state index in [0.29, 0.717) is 24.5 Å². The predicted octanol–water partition coefficient (Wildman–Crippen LogP) is 4.59. The second-order valence-electron chi connectivity index (χ2n) is 8.96. The van der Waals surface area contributed by atoms with Gasteiger partial charge in [0, 0.05) is 38.3 Å². The maximum Gasteiger partial charge on any atom is 0.264 e. The van der Waals surface area contributed by atoms with Crippen LogP contribution in [0.2, 0.25) is 0 Å². The number of hydrogen-bond donors (Lipinski definition) is 0. The molecule has 35 heavy (non-hydrogen) atoms. The van der Waals surface area contributed by atoms with Crippen molar-refractivity contribution in [3.63, 3.8) is 0 Å². The minimum Gasteiger partial charge on any atom is -0.463 e. The SMILES string of the molecule is Cc1ccc(CN2CCN(C(=O)Cn3nc(C)c4c(C(F)F)cc(-c5ccco5)nc43)CC2)cc1. The fourth-order valence-corrected chi connectivity index (χ4v) is 4.55. The van der Waals surface area contributed by atoms with Crippen LogP contribution in [0.5, 0.6) is 0 Å². The van der Waals surface area contributed by atoms with Crippen molar-refractivity contribution in [2.75, 3.05) is 26.2 Å². The molecular formula is C26H27F2N5O2. The normalized spacial score (nSPS) is 14.8. The third-order valence-corrected chi connectivity index (χ3v) is 6.45. The van der Waals surface area contributed by atoms with Crippen molar-refractivity contribution in [3.05, 3.63) is 71.1 Å². The molecule has 0 N–H and O–H groups in total. The first kappa shape index (κ1) is 23.2. The average molecular weight is 480 g/mol. The fourth-order valence-electron chi connectivity index (χ4n) is 4.55. The zero-order valence-electron chi connectivity index (χ0n) is 19.7. The van der Waals surface area contributed by atoms with Crippen molar-refractivity contribution in [1.82, 2.24) is 24.6 Å². The van der Waals surface area contributed by atoms with E-state index in [1.807, 2.05) is 0 Å². The van der Waals surface area contributed by atoms with Crippen LogP contribution in [0.4, 0.5) is 8.78 Å². The average Bonchev–Trinajstić information content (AvgIpc) is 3.49. The van der Waals surface area contributed by atoms with Crippen molar-refractivity contribution < 1.29 is 18.0 Å². The lowest BCUT2D eigenvalue weighted by Crippen LogP contribution is -2.49. The van der Waals surface area contributed by atoms with Crippen LogP contribution < -0.4 is 0 Å². The third-order valence-electron chi connectivity index (χ3n) is 6.45. The monoisotopic (exact) mass is 479 g/mol. The summed E-state index contributed by atoms with van der Waals surface area (Å²) in [5.74, 6) is 0.281. The molecule has 0 atom stereocenters. The number of amides is 1. The van der Waals surface area contributed by atoms with E-state index in [9.17, 15) is 13.6 Å². The molecule has 0 unspecified atom stereocenters. The molecule has 4 aromatic rings. The molecule has 0 aliphatic carbocycles. The van der Waals surface area contributed by atoms with Gasteiger partial charge in [-0.1, -0.05) is 29.8 Å². The second-order valence-corrected chi connectivity index (χ2v) is 8.96. The van der Waals surface area contributed by atoms with Crippen molar-refractivity contribution in [2.24, 2.45) is 0 Å². The minimum absolute atomic E-state index is 0.0560. The number of carbonyl (C=O) groups excluding carboxylic acids is 1. The molecule has 1 fully saturated rings. The fraction of sp³-hybridized carbons (Fsp3) is 0.346. The number of hydrogen-bond acceptors (Lipinski definition) is 5. The van der Waals surface area contributed by atoms with Gasteiger partial charge in [-0.2, -0.15) is 5.10 Å². The van der Waals surface area contributed by atoms with Crippen LogP contribution in [0, 0.1) is 13.8 Å². The Labute approximate surface area is 202 Å². The molecule has 1 aromatic carbocycles. The van der Waals surface area contributed by atoms with Gasteiger partial charge in [0.05, 0.1) is 17.3 Å². The van der Waals surface area contributed by atoms with E-state index in [-0.39, 0.29) is 34.7 Å². The summed E-state index contributed by atoms with van der Waals surface area (Å²) in [5.41, 5.74) is 3.29. The highest BCUT2D eigenvalue weighted by Gasteiger charge is 2.25. The summed E-state index contributed by atoms with van der Waals surface area (Å²) >= 11 is 0. The topological polar surface area (TPSA) is 67.4 Å². The van der Waals surface area contributed by atoms with Gasteiger partial charge in [-0.05, 0) is 37.6 Å². The molecule has 5 rings (SSSR count). The van der Waals surface area contributed by atoms with Crippen molar-refractivity contribution in [1.29, 1.82) is 0 Å². The number of rotatable bonds is 6. The van der Waals surface area contributed by atoms with Crippen molar-refractivity contribution >= 4 is 16.9 Å². The number of halogens is 2. The number of alkyl halides is 2. The van der Waals surface area contributed by atoms with Crippen LogP contribution in [0.15, 0.2) is 53.1 Å². The number of nitrogens with zero attached hydrogens (tertiary/aromatic N) is 5. The van der Waals surface area contributed by atoms with Gasteiger partial charge >= 0.3 is 0 Å². The number of pyridine rings is 1. The van der Waals surface area contributed by atoms with Gasteiger partial charge in [0.1, 0.15) is 12.2 Å². The predicted molar refractivity (Wildman–Crippen MR) is 128 cm³/mol. The molecule has 1 saturated heterocycles. The van der Waals surface area contributed by atoms with Crippen LogP contribution in [-0.2, 0) is 17.9 Å². The number of fused-ring (bicyclic) bond motifs is 1. The number of benzene rings is 1. The maximum absolute atomic E-state index is 13.9. The summed E-state index contributed by atoms with van der Waals surface area (Å²) in [7, 11) is 0. The molecule has 1 aliphatic heterocycles. The zero-order chi connectivity index (χ0) is 24.5. The summed E-state index contributed by atoms with van der Waals surface area (Å²) < 4.78 is 34.6. The van der Waals surface area contributed by atoms with E-state index in [1.165, 1.54) is 28.1 Å². The lowest BCUT2D eigenvalue weighted by Gasteiger charge is -2.34. The number of furan rings is 1. The van der Waals surface area contributed by atoms with E-state index in [1.54, 1.807) is 24.0 Å². The molecule has 0 bridgehead atoms. The summed E-state index contributed by atoms with van der Waals surface area (Å²) in [6.07, 6.45) is -1.24. The van der Waals surface area contributed by atoms with Gasteiger partial charge in [-0.15, -0.1) is 0 Å². The smallest absolute Gasteiger partial charge is 0.264 e. The van der Waals surface area contributed by atoms with Gasteiger partial charge in [0.25, 0.3) is 6.43 Å². The molecule has 0 saturated carbocycles. The Bertz CT molecular complexity index is 1320. The Morgan fingerprint density at radius 3 is 2.49 bits per heavy atom. The Morgan fingerprint density at radius 1 is 1.09 bits per heavy atom. The molecule has 182 valence electrons. The lowest BCUT2D eigenvalue weighted by atomic mass is 10.1. The van der Waals surface area contributed by atoms with Crippen LogP contribution in [0.25, 0.3) is 22.5 Å². The number of aromatic nitrogens is 3. The van der Waals surface area contributed by atoms with Crippen LogP contribution in [-0.4, -0.2) is 56.7 Å². The Balaban J connectivity index is 1.32. The summed E-state index contributed by atoms with van der Waals surface area (Å²) in [4.78, 5) is 21.8. The van der Waals surface area contributed by atoms with Crippen molar-refractivity contribution in [3.8, 4) is 11.5 Å². The van der Waals surface area contributed by atoms with Crippen LogP contribution in [0.1, 0.15) is 28.8 Å². The standard InChI is InChI=1S/C26H27F2N5O2/c1-17-5-7-19(8-6-17)15-31-9-11-32(12-10-31)23(34)16-33-26-24(18(2)30-33)20(25(27)28)14-21(29-26)22-4-3-13-35-22/h3-8,13-14,25H,9-12,15-16H2,1-2H3. The molecule has 4 heterocycles. The highest BCUT2D eigenvalue weighted by molar-refractivity contribution is 5.86. The first-order valence-corrected chi connectivity index (χ1v) is 11.6. The number of piperazine rings is 1. The Morgan fingerprint density at radius 2 is 1.83 bits per heavy atom. The molecule has 1 amide bonds. The summed E-state index contributed by atoms with van der Waals surface area (Å²) in [6, 6.07) is 13.2. The molecule has 7 nitrogen and oxygen atoms in total. The molecule has 0 spiro atoms. The zero-order valence-corrected chi connectivity index (χ0v) is 19.7. The Hall–Kier alpha value is -3.59. The van der Waals surface area contributed by atoms with Crippen LogP contribution >= 0.6 is 0 Å². The third kappa shape index (κ3) is 4.81. The molecular weight excluding hydrogens is 452 g/mol. The second kappa shape index (κ2) is 9.58. The largest absolute Gasteiger partial charge is 0.463 e. The first-order valence-electron chi connectivity index (χ1n) is 11.6. The van der Waals surface area contributed by atoms with E-state index in [0.717, 1.165) is 19.6 Å². The minimum atomic E-state index is -2.71. The van der Waals surface area contributed by atoms with Crippen LogP contribution in [0.3, 0.4) is 0 Å². The van der Waals surface area contributed by atoms with Gasteiger partial charge in [-0.25, -0.2) is 18.4 Å². The first-order chi connectivity index (χ1) is 16.9. The molecule has 9 heteroatoms. The van der Waals surface area contributed by atoms with E-state index in [4.69, 9.17) is 4.42 Å². The van der Waals surface area contributed by atoms with E-state index in [2.05, 4.69) is 46.2 Å². The van der Waals surface area contributed by atoms with Gasteiger partial charge in [0.15, 0.2) is 11.4 Å². The highest BCUT2D eigenvalue weighted by atomic mass is 19.3. The van der Waals surface area contributed by atoms with Crippen molar-refractivity contribution in [2.45, 2.75) is 33.4 Å². The van der Waals surface area contributed by atoms with E-state index < -0.39 is 6.43 Å². The summed E-state index contributed by atoms with van der Waals surface area (Å²) in [5, 5.41) is 4.68. The lowest BCUT2D eigenvalue weighted by molar-refractivity contribution is -0.133. The van der Waals surface area contributed by atoms with E-state index >= 15 is 0 Å². The number of carbonyl (C=O) groups is 1. The number of aryl methyl sites for hydroxylation is 2. The van der Waals surface area contributed by atoms with Gasteiger partial charge in [-0.3, -0.25) is 9.69 Å². The molecule has 3 aromatic heterocycles. The maximum atomic E-state index is 13.9. The van der Waals surface area contributed by atoms with Gasteiger partial charge in [0.2, 0.25) is 5.91 Å². The van der Waals surface area contributed by atoms with Gasteiger partial charge < -0.3 is 9.32 Å². The molecule has 0 radical (unpaired) electrons. The molecule has 1 aliphatic rings. The Kier molecular flexibility index (Phi) is 6.34. The highest BCUT2D eigenvalue weighted by Crippen LogP contribution is 2.33.